The SMILES string of the molecule is Cn1c2c(c3ccccc31)C(C(N)=O)CSC2. The van der Waals surface area contributed by atoms with Crippen molar-refractivity contribution in [3.63, 3.8) is 0 Å². The van der Waals surface area contributed by atoms with Crippen molar-refractivity contribution < 1.29 is 4.79 Å². The summed E-state index contributed by atoms with van der Waals surface area (Å²) in [5.74, 6) is 1.41. The van der Waals surface area contributed by atoms with Crippen molar-refractivity contribution in [1.29, 1.82) is 0 Å². The van der Waals surface area contributed by atoms with Crippen LogP contribution in [0.25, 0.3) is 10.9 Å². The number of para-hydroxylation sites is 1. The van der Waals surface area contributed by atoms with E-state index >= 15 is 0 Å². The quantitative estimate of drug-likeness (QED) is 0.836. The zero-order valence-electron chi connectivity index (χ0n) is 9.64. The summed E-state index contributed by atoms with van der Waals surface area (Å²) in [5, 5.41) is 1.18. The van der Waals surface area contributed by atoms with Gasteiger partial charge in [0.1, 0.15) is 0 Å². The van der Waals surface area contributed by atoms with E-state index in [0.717, 1.165) is 17.1 Å². The fourth-order valence-corrected chi connectivity index (χ4v) is 3.85. The highest BCUT2D eigenvalue weighted by Crippen LogP contribution is 2.39. The maximum Gasteiger partial charge on any atom is 0.225 e. The Hall–Kier alpha value is -1.42. The Kier molecular flexibility index (Phi) is 2.40. The average Bonchev–Trinajstić information content (AvgIpc) is 2.64. The Morgan fingerprint density at radius 3 is 3.00 bits per heavy atom. The van der Waals surface area contributed by atoms with Crippen LogP contribution in [0, 0.1) is 0 Å². The Balaban J connectivity index is 2.35. The lowest BCUT2D eigenvalue weighted by atomic mass is 9.97. The Morgan fingerprint density at radius 1 is 1.47 bits per heavy atom. The minimum atomic E-state index is -0.213. The summed E-state index contributed by atoms with van der Waals surface area (Å²) < 4.78 is 2.19. The molecule has 2 N–H and O–H groups in total. The van der Waals surface area contributed by atoms with Crippen LogP contribution in [-0.2, 0) is 17.6 Å². The number of aryl methyl sites for hydroxylation is 1. The number of hydrogen-bond acceptors (Lipinski definition) is 2. The Morgan fingerprint density at radius 2 is 2.24 bits per heavy atom. The Labute approximate surface area is 104 Å². The van der Waals surface area contributed by atoms with Crippen molar-refractivity contribution in [2.24, 2.45) is 12.8 Å². The van der Waals surface area contributed by atoms with Gasteiger partial charge in [0.05, 0.1) is 5.92 Å². The molecule has 0 spiro atoms. The lowest BCUT2D eigenvalue weighted by Gasteiger charge is -2.20. The third-order valence-corrected chi connectivity index (χ3v) is 4.53. The third-order valence-electron chi connectivity index (χ3n) is 3.49. The van der Waals surface area contributed by atoms with Gasteiger partial charge in [-0.25, -0.2) is 0 Å². The minimum Gasteiger partial charge on any atom is -0.369 e. The summed E-state index contributed by atoms with van der Waals surface area (Å²) in [6, 6.07) is 8.22. The molecular weight excluding hydrogens is 232 g/mol. The van der Waals surface area contributed by atoms with Gasteiger partial charge in [-0.05, 0) is 11.6 Å². The standard InChI is InChI=1S/C13H14N2OS/c1-15-10-5-3-2-4-8(10)12-9(13(14)16)6-17-7-11(12)15/h2-5,9H,6-7H2,1H3,(H2,14,16). The van der Waals surface area contributed by atoms with Gasteiger partial charge in [0.25, 0.3) is 0 Å². The summed E-state index contributed by atoms with van der Waals surface area (Å²) in [4.78, 5) is 11.6. The molecular formula is C13H14N2OS. The van der Waals surface area contributed by atoms with E-state index in [1.165, 1.54) is 16.6 Å². The van der Waals surface area contributed by atoms with Gasteiger partial charge >= 0.3 is 0 Å². The van der Waals surface area contributed by atoms with Crippen LogP contribution in [0.15, 0.2) is 24.3 Å². The van der Waals surface area contributed by atoms with Crippen LogP contribution in [0.1, 0.15) is 17.2 Å². The molecule has 0 saturated carbocycles. The first-order valence-corrected chi connectivity index (χ1v) is 6.79. The van der Waals surface area contributed by atoms with Crippen LogP contribution in [-0.4, -0.2) is 16.2 Å². The van der Waals surface area contributed by atoms with Crippen molar-refractivity contribution in [3.05, 3.63) is 35.5 Å². The number of carbonyl (C=O) groups is 1. The summed E-state index contributed by atoms with van der Waals surface area (Å²) in [5.41, 5.74) is 9.10. The largest absolute Gasteiger partial charge is 0.369 e. The van der Waals surface area contributed by atoms with E-state index in [4.69, 9.17) is 5.73 Å². The molecule has 0 bridgehead atoms. The van der Waals surface area contributed by atoms with E-state index in [2.05, 4.69) is 23.7 Å². The molecule has 0 aliphatic carbocycles. The zero-order valence-corrected chi connectivity index (χ0v) is 10.5. The number of nitrogens with zero attached hydrogens (tertiary/aromatic N) is 1. The highest BCUT2D eigenvalue weighted by Gasteiger charge is 2.29. The van der Waals surface area contributed by atoms with E-state index in [1.54, 1.807) is 11.8 Å². The monoisotopic (exact) mass is 246 g/mol. The third kappa shape index (κ3) is 1.47. The lowest BCUT2D eigenvalue weighted by Crippen LogP contribution is -2.26. The summed E-state index contributed by atoms with van der Waals surface area (Å²) in [6.07, 6.45) is 0. The average molecular weight is 246 g/mol. The van der Waals surface area contributed by atoms with Crippen LogP contribution in [0.2, 0.25) is 0 Å². The fourth-order valence-electron chi connectivity index (χ4n) is 2.62. The number of fused-ring (bicyclic) bond motifs is 3. The maximum atomic E-state index is 11.6. The lowest BCUT2D eigenvalue weighted by molar-refractivity contribution is -0.119. The van der Waals surface area contributed by atoms with Gasteiger partial charge < -0.3 is 10.3 Å². The van der Waals surface area contributed by atoms with Crippen LogP contribution in [0.3, 0.4) is 0 Å². The predicted octanol–water partition coefficient (Wildman–Crippen LogP) is 1.99. The zero-order chi connectivity index (χ0) is 12.0. The summed E-state index contributed by atoms with van der Waals surface area (Å²) in [6.45, 7) is 0. The first kappa shape index (κ1) is 10.7. The van der Waals surface area contributed by atoms with Crippen molar-refractivity contribution in [2.45, 2.75) is 11.7 Å². The molecule has 1 amide bonds. The number of benzene rings is 1. The van der Waals surface area contributed by atoms with Gasteiger partial charge in [0, 0.05) is 35.2 Å². The van der Waals surface area contributed by atoms with Crippen LogP contribution < -0.4 is 5.73 Å². The molecule has 1 aromatic carbocycles. The number of aromatic nitrogens is 1. The van der Waals surface area contributed by atoms with Gasteiger partial charge in [-0.1, -0.05) is 18.2 Å². The number of amides is 1. The molecule has 3 rings (SSSR count). The number of carbonyl (C=O) groups excluding carboxylic acids is 1. The van der Waals surface area contributed by atoms with Crippen molar-refractivity contribution in [3.8, 4) is 0 Å². The molecule has 1 aliphatic rings. The minimum absolute atomic E-state index is 0.144. The fraction of sp³-hybridized carbons (Fsp3) is 0.308. The first-order valence-electron chi connectivity index (χ1n) is 5.63. The number of nitrogens with two attached hydrogens (primary N) is 1. The molecule has 1 unspecified atom stereocenters. The van der Waals surface area contributed by atoms with Crippen LogP contribution in [0.5, 0.6) is 0 Å². The number of hydrogen-bond donors (Lipinski definition) is 1. The maximum absolute atomic E-state index is 11.6. The second-order valence-corrected chi connectivity index (χ2v) is 5.44. The number of thioether (sulfide) groups is 1. The van der Waals surface area contributed by atoms with E-state index in [-0.39, 0.29) is 11.8 Å². The molecule has 4 heteroatoms. The van der Waals surface area contributed by atoms with Gasteiger partial charge in [0.2, 0.25) is 5.91 Å². The van der Waals surface area contributed by atoms with E-state index in [1.807, 2.05) is 12.1 Å². The molecule has 1 aliphatic heterocycles. The molecule has 0 radical (unpaired) electrons. The molecule has 0 fully saturated rings. The molecule has 3 nitrogen and oxygen atoms in total. The van der Waals surface area contributed by atoms with Gasteiger partial charge in [-0.15, -0.1) is 0 Å². The van der Waals surface area contributed by atoms with Crippen LogP contribution >= 0.6 is 11.8 Å². The molecule has 17 heavy (non-hydrogen) atoms. The van der Waals surface area contributed by atoms with E-state index in [0.29, 0.717) is 0 Å². The predicted molar refractivity (Wildman–Crippen MR) is 71.0 cm³/mol. The van der Waals surface area contributed by atoms with E-state index in [9.17, 15) is 4.79 Å². The van der Waals surface area contributed by atoms with Gasteiger partial charge in [-0.2, -0.15) is 11.8 Å². The molecule has 2 heterocycles. The highest BCUT2D eigenvalue weighted by atomic mass is 32.2. The molecule has 88 valence electrons. The summed E-state index contributed by atoms with van der Waals surface area (Å²) >= 11 is 1.78. The summed E-state index contributed by atoms with van der Waals surface area (Å²) in [7, 11) is 2.06. The Bertz CT molecular complexity index is 603. The highest BCUT2D eigenvalue weighted by molar-refractivity contribution is 7.98. The molecule has 1 atom stereocenters. The first-order chi connectivity index (χ1) is 8.20. The smallest absolute Gasteiger partial charge is 0.225 e. The number of rotatable bonds is 1. The van der Waals surface area contributed by atoms with Crippen molar-refractivity contribution in [1.82, 2.24) is 4.57 Å². The second-order valence-electron chi connectivity index (χ2n) is 4.41. The van der Waals surface area contributed by atoms with Crippen LogP contribution in [0.4, 0.5) is 0 Å². The molecule has 1 aromatic heterocycles. The molecule has 0 saturated heterocycles. The second kappa shape index (κ2) is 3.81. The molecule has 2 aromatic rings. The normalized spacial score (nSPS) is 19.2. The number of primary amides is 1. The van der Waals surface area contributed by atoms with Gasteiger partial charge in [-0.3, -0.25) is 4.79 Å². The van der Waals surface area contributed by atoms with E-state index < -0.39 is 0 Å². The van der Waals surface area contributed by atoms with Crippen molar-refractivity contribution >= 4 is 28.6 Å². The topological polar surface area (TPSA) is 48.0 Å². The van der Waals surface area contributed by atoms with Crippen molar-refractivity contribution in [2.75, 3.05) is 5.75 Å². The van der Waals surface area contributed by atoms with Gasteiger partial charge in [0.15, 0.2) is 0 Å².